The fraction of sp³-hybridized carbons (Fsp3) is 0.333. The number of benzene rings is 2. The van der Waals surface area contributed by atoms with Crippen LogP contribution in [-0.4, -0.2) is 56.2 Å². The number of nitrogens with one attached hydrogen (secondary N) is 4. The van der Waals surface area contributed by atoms with Gasteiger partial charge in [0.1, 0.15) is 18.7 Å². The van der Waals surface area contributed by atoms with Gasteiger partial charge in [0, 0.05) is 27.1 Å². The van der Waals surface area contributed by atoms with Crippen LogP contribution in [0.4, 0.5) is 4.79 Å². The third-order valence-corrected chi connectivity index (χ3v) is 4.65. The highest BCUT2D eigenvalue weighted by molar-refractivity contribution is 5.90. The zero-order valence-electron chi connectivity index (χ0n) is 19.2. The van der Waals surface area contributed by atoms with Crippen molar-refractivity contribution in [1.82, 2.24) is 21.3 Å². The first-order valence-electron chi connectivity index (χ1n) is 10.7. The van der Waals surface area contributed by atoms with Crippen LogP contribution in [0, 0.1) is 0 Å². The molecule has 0 spiro atoms. The lowest BCUT2D eigenvalue weighted by molar-refractivity contribution is -0.142. The van der Waals surface area contributed by atoms with Crippen molar-refractivity contribution < 1.29 is 28.7 Å². The predicted molar refractivity (Wildman–Crippen MR) is 124 cm³/mol. The lowest BCUT2D eigenvalue weighted by Crippen LogP contribution is -2.57. The Morgan fingerprint density at radius 3 is 1.59 bits per heavy atom. The van der Waals surface area contributed by atoms with Gasteiger partial charge in [-0.05, 0) is 11.1 Å². The predicted octanol–water partition coefficient (Wildman–Crippen LogP) is 0.865. The van der Waals surface area contributed by atoms with Crippen LogP contribution in [0.2, 0.25) is 0 Å². The largest absolute Gasteiger partial charge is 0.463 e. The van der Waals surface area contributed by atoms with Crippen molar-refractivity contribution in [1.29, 1.82) is 0 Å². The topological polar surface area (TPSA) is 135 Å². The van der Waals surface area contributed by atoms with Gasteiger partial charge in [-0.2, -0.15) is 0 Å². The SMILES string of the molecule is COC[C@@H](NC(=O)N[C@H](COC(C)=O)C(=O)NCc1ccccc1)C(=O)NCc1ccccc1. The number of carbonyl (C=O) groups excluding carboxylic acids is 4. The molecular weight excluding hydrogens is 440 g/mol. The molecule has 0 aliphatic carbocycles. The summed E-state index contributed by atoms with van der Waals surface area (Å²) in [6, 6.07) is 15.5. The molecule has 0 saturated heterocycles. The molecule has 0 saturated carbocycles. The van der Waals surface area contributed by atoms with Crippen LogP contribution >= 0.6 is 0 Å². The lowest BCUT2D eigenvalue weighted by Gasteiger charge is -2.22. The molecule has 0 aliphatic heterocycles. The van der Waals surface area contributed by atoms with E-state index in [1.807, 2.05) is 60.7 Å². The van der Waals surface area contributed by atoms with E-state index in [0.717, 1.165) is 11.1 Å². The number of urea groups is 1. The van der Waals surface area contributed by atoms with Gasteiger partial charge in [0.15, 0.2) is 0 Å². The molecule has 2 aromatic carbocycles. The molecular formula is C24H30N4O6. The van der Waals surface area contributed by atoms with E-state index in [4.69, 9.17) is 9.47 Å². The van der Waals surface area contributed by atoms with Gasteiger partial charge >= 0.3 is 12.0 Å². The first kappa shape index (κ1) is 26.3. The van der Waals surface area contributed by atoms with Gasteiger partial charge in [0.25, 0.3) is 0 Å². The summed E-state index contributed by atoms with van der Waals surface area (Å²) in [5.41, 5.74) is 1.76. The Kier molecular flexibility index (Phi) is 11.1. The Morgan fingerprint density at radius 2 is 1.18 bits per heavy atom. The summed E-state index contributed by atoms with van der Waals surface area (Å²) < 4.78 is 9.96. The quantitative estimate of drug-likeness (QED) is 0.340. The third kappa shape index (κ3) is 9.70. The van der Waals surface area contributed by atoms with Gasteiger partial charge in [-0.3, -0.25) is 14.4 Å². The number of rotatable bonds is 12. The maximum Gasteiger partial charge on any atom is 0.316 e. The molecule has 4 N–H and O–H groups in total. The van der Waals surface area contributed by atoms with Crippen LogP contribution in [0.5, 0.6) is 0 Å². The van der Waals surface area contributed by atoms with Crippen molar-refractivity contribution in [2.45, 2.75) is 32.1 Å². The molecule has 0 radical (unpaired) electrons. The van der Waals surface area contributed by atoms with Crippen LogP contribution in [0.15, 0.2) is 60.7 Å². The number of hydrogen-bond donors (Lipinski definition) is 4. The van der Waals surface area contributed by atoms with E-state index in [2.05, 4.69) is 21.3 Å². The summed E-state index contributed by atoms with van der Waals surface area (Å²) in [7, 11) is 1.40. The molecule has 10 nitrogen and oxygen atoms in total. The van der Waals surface area contributed by atoms with Gasteiger partial charge in [-0.1, -0.05) is 60.7 Å². The summed E-state index contributed by atoms with van der Waals surface area (Å²) in [6.07, 6.45) is 0. The Labute approximate surface area is 198 Å². The number of methoxy groups -OCH3 is 1. The maximum absolute atomic E-state index is 12.6. The lowest BCUT2D eigenvalue weighted by atomic mass is 10.2. The molecule has 0 unspecified atom stereocenters. The highest BCUT2D eigenvalue weighted by Gasteiger charge is 2.25. The van der Waals surface area contributed by atoms with E-state index < -0.39 is 35.9 Å². The minimum absolute atomic E-state index is 0.0805. The van der Waals surface area contributed by atoms with E-state index in [9.17, 15) is 19.2 Å². The summed E-state index contributed by atoms with van der Waals surface area (Å²) in [4.78, 5) is 49.0. The molecule has 2 aromatic rings. The Hall–Kier alpha value is -3.92. The van der Waals surface area contributed by atoms with Gasteiger partial charge in [0.2, 0.25) is 11.8 Å². The smallest absolute Gasteiger partial charge is 0.316 e. The standard InChI is InChI=1S/C24H30N4O6/c1-17(29)34-16-21(23(31)26-14-19-11-7-4-8-12-19)28-24(32)27-20(15-33-2)22(30)25-13-18-9-5-3-6-10-18/h3-12,20-21H,13-16H2,1-2H3,(H,25,30)(H,26,31)(H2,27,28,32)/t20-,21-/m1/s1. The molecule has 4 amide bonds. The van der Waals surface area contributed by atoms with Gasteiger partial charge < -0.3 is 30.7 Å². The fourth-order valence-electron chi connectivity index (χ4n) is 2.91. The highest BCUT2D eigenvalue weighted by atomic mass is 16.5. The minimum atomic E-state index is -1.16. The molecule has 0 aliphatic rings. The normalized spacial score (nSPS) is 12.1. The molecule has 2 rings (SSSR count). The number of carbonyl (C=O) groups is 4. The van der Waals surface area contributed by atoms with Gasteiger partial charge in [-0.15, -0.1) is 0 Å². The van der Waals surface area contributed by atoms with E-state index in [-0.39, 0.29) is 26.3 Å². The fourth-order valence-corrected chi connectivity index (χ4v) is 2.91. The van der Waals surface area contributed by atoms with E-state index >= 15 is 0 Å². The Morgan fingerprint density at radius 1 is 0.735 bits per heavy atom. The molecule has 0 bridgehead atoms. The average molecular weight is 471 g/mol. The van der Waals surface area contributed by atoms with Crippen LogP contribution < -0.4 is 21.3 Å². The van der Waals surface area contributed by atoms with E-state index in [1.54, 1.807) is 0 Å². The first-order chi connectivity index (χ1) is 16.4. The van der Waals surface area contributed by atoms with Gasteiger partial charge in [-0.25, -0.2) is 4.79 Å². The Bertz CT molecular complexity index is 939. The maximum atomic E-state index is 12.6. The second-order valence-corrected chi connectivity index (χ2v) is 7.39. The molecule has 2 atom stereocenters. The van der Waals surface area contributed by atoms with Crippen molar-refractivity contribution in [3.05, 3.63) is 71.8 Å². The number of esters is 1. The van der Waals surface area contributed by atoms with Crippen molar-refractivity contribution >= 4 is 23.8 Å². The monoisotopic (exact) mass is 470 g/mol. The number of ether oxygens (including phenoxy) is 2. The Balaban J connectivity index is 1.94. The molecule has 10 heteroatoms. The minimum Gasteiger partial charge on any atom is -0.463 e. The van der Waals surface area contributed by atoms with Gasteiger partial charge in [0.05, 0.1) is 6.61 Å². The van der Waals surface area contributed by atoms with E-state index in [0.29, 0.717) is 0 Å². The number of amides is 4. The highest BCUT2D eigenvalue weighted by Crippen LogP contribution is 2.00. The number of hydrogen-bond acceptors (Lipinski definition) is 6. The van der Waals surface area contributed by atoms with Crippen molar-refractivity contribution in [2.75, 3.05) is 20.3 Å². The summed E-state index contributed by atoms with van der Waals surface area (Å²) in [5.74, 6) is -1.59. The average Bonchev–Trinajstić information content (AvgIpc) is 2.84. The van der Waals surface area contributed by atoms with Crippen molar-refractivity contribution in [3.63, 3.8) is 0 Å². The molecule has 0 fully saturated rings. The zero-order chi connectivity index (χ0) is 24.8. The van der Waals surface area contributed by atoms with E-state index in [1.165, 1.54) is 14.0 Å². The van der Waals surface area contributed by atoms with Crippen LogP contribution in [0.25, 0.3) is 0 Å². The molecule has 34 heavy (non-hydrogen) atoms. The summed E-state index contributed by atoms with van der Waals surface area (Å²) in [6.45, 7) is 1.26. The summed E-state index contributed by atoms with van der Waals surface area (Å²) >= 11 is 0. The molecule has 0 heterocycles. The second kappa shape index (κ2) is 14.3. The molecule has 182 valence electrons. The second-order valence-electron chi connectivity index (χ2n) is 7.39. The van der Waals surface area contributed by atoms with Crippen molar-refractivity contribution in [3.8, 4) is 0 Å². The first-order valence-corrected chi connectivity index (χ1v) is 10.7. The molecule has 0 aromatic heterocycles. The van der Waals surface area contributed by atoms with Crippen molar-refractivity contribution in [2.24, 2.45) is 0 Å². The third-order valence-electron chi connectivity index (χ3n) is 4.65. The van der Waals surface area contributed by atoms with Crippen LogP contribution in [0.3, 0.4) is 0 Å². The zero-order valence-corrected chi connectivity index (χ0v) is 19.2. The van der Waals surface area contributed by atoms with Crippen LogP contribution in [0.1, 0.15) is 18.1 Å². The summed E-state index contributed by atoms with van der Waals surface area (Å²) in [5, 5.41) is 10.4. The van der Waals surface area contributed by atoms with Crippen LogP contribution in [-0.2, 0) is 36.9 Å².